The van der Waals surface area contributed by atoms with Gasteiger partial charge in [0, 0.05) is 0 Å². The second kappa shape index (κ2) is 8.75. The molecule has 0 nitrogen and oxygen atoms in total. The first kappa shape index (κ1) is 16.8. The number of hydrogen-bond acceptors (Lipinski definition) is 0. The van der Waals surface area contributed by atoms with Crippen LogP contribution in [0.25, 0.3) is 21.5 Å². The van der Waals surface area contributed by atoms with Crippen molar-refractivity contribution in [1.82, 2.24) is 0 Å². The maximum Gasteiger partial charge on any atom is -0.0809 e. The molecule has 0 saturated heterocycles. The van der Waals surface area contributed by atoms with Crippen LogP contribution in [0.15, 0.2) is 84.9 Å². The first-order chi connectivity index (χ1) is 10.7. The predicted molar refractivity (Wildman–Crippen MR) is 95.4 cm³/mol. The molecule has 4 rings (SSSR count). The molecule has 4 aromatic carbocycles. The van der Waals surface area contributed by atoms with Crippen molar-refractivity contribution in [3.63, 3.8) is 0 Å². The summed E-state index contributed by atoms with van der Waals surface area (Å²) in [5.74, 6) is 0. The average molecular weight is 451 g/mol. The molecule has 0 atom stereocenters. The van der Waals surface area contributed by atoms with E-state index in [0.29, 0.717) is 0 Å². The molecule has 0 fully saturated rings. The maximum atomic E-state index is 2.15. The van der Waals surface area contributed by atoms with Crippen LogP contribution in [0.3, 0.4) is 0 Å². The van der Waals surface area contributed by atoms with Gasteiger partial charge in [0.1, 0.15) is 0 Å². The molecule has 0 saturated carbocycles. The fourth-order valence-corrected chi connectivity index (χ4v) is 2.14. The topological polar surface area (TPSA) is 0 Å². The van der Waals surface area contributed by atoms with Crippen LogP contribution in [0.2, 0.25) is 0 Å². The molecule has 1 heteroatoms. The molecule has 0 heterocycles. The zero-order valence-electron chi connectivity index (χ0n) is 13.1. The molecule has 0 amide bonds. The van der Waals surface area contributed by atoms with Crippen LogP contribution in [0, 0.1) is 0 Å². The summed E-state index contributed by atoms with van der Waals surface area (Å²) < 4.78 is 1.56. The molecular formula is C21H20Hf. The first-order valence-electron chi connectivity index (χ1n) is 7.39. The summed E-state index contributed by atoms with van der Waals surface area (Å²) in [5.41, 5.74) is 0. The second-order valence-corrected chi connectivity index (χ2v) is 8.90. The summed E-state index contributed by atoms with van der Waals surface area (Å²) in [7, 11) is 0. The second-order valence-electron chi connectivity index (χ2n) is 5.31. The SMILES string of the molecule is C[C](C)=[Hf+2].c1ccc2[cH-]ccc2c1.c1ccc2[cH-]ccc2c1. The Kier molecular flexibility index (Phi) is 6.67. The summed E-state index contributed by atoms with van der Waals surface area (Å²) in [6, 6.07) is 29.3. The predicted octanol–water partition coefficient (Wildman–Crippen LogP) is 5.86. The van der Waals surface area contributed by atoms with Crippen molar-refractivity contribution in [3.8, 4) is 0 Å². The van der Waals surface area contributed by atoms with Crippen molar-refractivity contribution in [2.45, 2.75) is 13.8 Å². The van der Waals surface area contributed by atoms with Crippen LogP contribution in [0.5, 0.6) is 0 Å². The van der Waals surface area contributed by atoms with E-state index in [-0.39, 0.29) is 0 Å². The van der Waals surface area contributed by atoms with E-state index >= 15 is 0 Å². The van der Waals surface area contributed by atoms with Crippen LogP contribution in [0.4, 0.5) is 0 Å². The monoisotopic (exact) mass is 452 g/mol. The van der Waals surface area contributed by atoms with Gasteiger partial charge in [-0.3, -0.25) is 0 Å². The molecular weight excluding hydrogens is 431 g/mol. The van der Waals surface area contributed by atoms with E-state index in [9.17, 15) is 0 Å². The van der Waals surface area contributed by atoms with Crippen LogP contribution in [0.1, 0.15) is 13.8 Å². The van der Waals surface area contributed by atoms with Gasteiger partial charge >= 0.3 is 41.0 Å². The van der Waals surface area contributed by atoms with Gasteiger partial charge in [-0.1, -0.05) is 12.1 Å². The van der Waals surface area contributed by atoms with Gasteiger partial charge in [-0.25, -0.2) is 0 Å². The molecule has 0 radical (unpaired) electrons. The fraction of sp³-hybridized carbons (Fsp3) is 0.0952. The summed E-state index contributed by atoms with van der Waals surface area (Å²) in [6.07, 6.45) is 0. The number of fused-ring (bicyclic) bond motifs is 2. The number of hydrogen-bond donors (Lipinski definition) is 0. The molecule has 4 aromatic rings. The van der Waals surface area contributed by atoms with Gasteiger partial charge in [0.2, 0.25) is 0 Å². The zero-order valence-corrected chi connectivity index (χ0v) is 16.7. The van der Waals surface area contributed by atoms with E-state index in [2.05, 4.69) is 98.8 Å². The Bertz CT molecular complexity index is 703. The minimum Gasteiger partial charge on any atom is -0.168 e. The van der Waals surface area contributed by atoms with Gasteiger partial charge in [-0.2, -0.15) is 35.0 Å². The summed E-state index contributed by atoms with van der Waals surface area (Å²) >= 11 is 1.27. The van der Waals surface area contributed by atoms with Crippen molar-refractivity contribution in [2.75, 3.05) is 0 Å². The summed E-state index contributed by atoms with van der Waals surface area (Å²) in [6.45, 7) is 4.29. The largest absolute Gasteiger partial charge is 0.168 e. The molecule has 108 valence electrons. The van der Waals surface area contributed by atoms with Gasteiger partial charge in [-0.15, -0.1) is 59.3 Å². The molecule has 0 unspecified atom stereocenters. The molecule has 0 aliphatic rings. The standard InChI is InChI=1S/2C9H7.C3H6.Hf/c2*1-2-5-9-7-3-6-8(9)4-1;1-3-2;/h2*1-7H;1-2H3;/q2*-1;;+2. The zero-order chi connectivity index (χ0) is 15.8. The Hall–Kier alpha value is -1.60. The number of rotatable bonds is 0. The minimum absolute atomic E-state index is 1.27. The summed E-state index contributed by atoms with van der Waals surface area (Å²) in [5, 5.41) is 5.32. The van der Waals surface area contributed by atoms with E-state index in [1.165, 1.54) is 45.4 Å². The van der Waals surface area contributed by atoms with Gasteiger partial charge < -0.3 is 0 Å². The average Bonchev–Trinajstić information content (AvgIpc) is 3.16. The van der Waals surface area contributed by atoms with Crippen molar-refractivity contribution >= 4 is 24.8 Å². The Morgan fingerprint density at radius 3 is 1.41 bits per heavy atom. The third-order valence-corrected chi connectivity index (χ3v) is 3.10. The number of benzene rings is 2. The molecule has 0 aliphatic heterocycles. The minimum atomic E-state index is 1.27. The normalized spacial score (nSPS) is 9.64. The Balaban J connectivity index is 0.000000131. The maximum absolute atomic E-state index is 2.15. The van der Waals surface area contributed by atoms with Gasteiger partial charge in [-0.05, 0) is 0 Å². The van der Waals surface area contributed by atoms with Crippen LogP contribution < -0.4 is 0 Å². The Morgan fingerprint density at radius 2 is 1.05 bits per heavy atom. The Morgan fingerprint density at radius 1 is 0.682 bits per heavy atom. The van der Waals surface area contributed by atoms with E-state index < -0.39 is 0 Å². The molecule has 22 heavy (non-hydrogen) atoms. The molecule has 0 spiro atoms. The third-order valence-electron chi connectivity index (χ3n) is 3.10. The molecule has 0 bridgehead atoms. The molecule has 0 aliphatic carbocycles. The quantitative estimate of drug-likeness (QED) is 0.232. The van der Waals surface area contributed by atoms with Gasteiger partial charge in [0.25, 0.3) is 0 Å². The van der Waals surface area contributed by atoms with Crippen molar-refractivity contribution in [2.24, 2.45) is 0 Å². The van der Waals surface area contributed by atoms with Gasteiger partial charge in [0.05, 0.1) is 0 Å². The third kappa shape index (κ3) is 5.31. The van der Waals surface area contributed by atoms with Crippen molar-refractivity contribution in [3.05, 3.63) is 84.9 Å². The fourth-order valence-electron chi connectivity index (χ4n) is 2.14. The molecule has 0 N–H and O–H groups in total. The van der Waals surface area contributed by atoms with E-state index in [1.54, 1.807) is 3.26 Å². The summed E-state index contributed by atoms with van der Waals surface area (Å²) in [4.78, 5) is 0. The van der Waals surface area contributed by atoms with Crippen molar-refractivity contribution < 1.29 is 23.9 Å². The van der Waals surface area contributed by atoms with Crippen LogP contribution >= 0.6 is 0 Å². The molecule has 0 aromatic heterocycles. The smallest absolute Gasteiger partial charge is 0.0809 e. The van der Waals surface area contributed by atoms with E-state index in [1.807, 2.05) is 0 Å². The van der Waals surface area contributed by atoms with Crippen molar-refractivity contribution in [1.29, 1.82) is 0 Å². The Labute approximate surface area is 147 Å². The van der Waals surface area contributed by atoms with Gasteiger partial charge in [0.15, 0.2) is 0 Å². The van der Waals surface area contributed by atoms with Crippen LogP contribution in [-0.4, -0.2) is 3.26 Å². The van der Waals surface area contributed by atoms with E-state index in [4.69, 9.17) is 0 Å². The first-order valence-corrected chi connectivity index (χ1v) is 9.19. The van der Waals surface area contributed by atoms with Crippen LogP contribution in [-0.2, 0) is 23.9 Å². The van der Waals surface area contributed by atoms with E-state index in [0.717, 1.165) is 0 Å².